The van der Waals surface area contributed by atoms with Crippen LogP contribution in [0.1, 0.15) is 21.3 Å². The van der Waals surface area contributed by atoms with Crippen LogP contribution >= 0.6 is 11.3 Å². The highest BCUT2D eigenvalue weighted by molar-refractivity contribution is 7.11. The van der Waals surface area contributed by atoms with Gasteiger partial charge in [-0.25, -0.2) is 14.4 Å². The Balaban J connectivity index is 1.63. The highest BCUT2D eigenvalue weighted by Gasteiger charge is 2.10. The van der Waals surface area contributed by atoms with Gasteiger partial charge in [0.15, 0.2) is 0 Å². The van der Waals surface area contributed by atoms with Crippen LogP contribution in [0.15, 0.2) is 36.8 Å². The summed E-state index contributed by atoms with van der Waals surface area (Å²) in [5, 5.41) is 3.57. The molecule has 0 atom stereocenters. The minimum absolute atomic E-state index is 0.126. The minimum atomic E-state index is -0.349. The first-order valence-electron chi connectivity index (χ1n) is 7.49. The first-order chi connectivity index (χ1) is 11.5. The molecule has 0 aliphatic carbocycles. The summed E-state index contributed by atoms with van der Waals surface area (Å²) in [6.45, 7) is 4.04. The van der Waals surface area contributed by atoms with Crippen molar-refractivity contribution in [2.75, 3.05) is 0 Å². The Morgan fingerprint density at radius 2 is 2.17 bits per heavy atom. The Labute approximate surface area is 143 Å². The van der Waals surface area contributed by atoms with Gasteiger partial charge in [-0.2, -0.15) is 0 Å². The van der Waals surface area contributed by atoms with Crippen molar-refractivity contribution < 1.29 is 9.18 Å². The van der Waals surface area contributed by atoms with Crippen LogP contribution in [0, 0.1) is 19.7 Å². The van der Waals surface area contributed by atoms with E-state index in [1.165, 1.54) is 17.4 Å². The average Bonchev–Trinajstić information content (AvgIpc) is 3.14. The number of nitrogens with zero attached hydrogens (tertiary/aromatic N) is 3. The topological polar surface area (TPSA) is 59.8 Å². The zero-order valence-corrected chi connectivity index (χ0v) is 14.2. The number of amides is 1. The molecule has 0 spiro atoms. The normalized spacial score (nSPS) is 10.8. The van der Waals surface area contributed by atoms with Crippen molar-refractivity contribution in [3.63, 3.8) is 0 Å². The predicted octanol–water partition coefficient (Wildman–Crippen LogP) is 2.94. The third-order valence-electron chi connectivity index (χ3n) is 3.57. The van der Waals surface area contributed by atoms with Crippen LogP contribution in [0.3, 0.4) is 0 Å². The molecule has 0 saturated carbocycles. The SMILES string of the molecule is Cc1cnc(CC(=O)NCc2ccc(-n3ccnc3C)c(F)c2)s1. The van der Waals surface area contributed by atoms with Crippen molar-refractivity contribution in [1.29, 1.82) is 0 Å². The Morgan fingerprint density at radius 3 is 2.79 bits per heavy atom. The van der Waals surface area contributed by atoms with E-state index in [0.29, 0.717) is 17.1 Å². The summed E-state index contributed by atoms with van der Waals surface area (Å²) in [7, 11) is 0. The van der Waals surface area contributed by atoms with E-state index < -0.39 is 0 Å². The van der Waals surface area contributed by atoms with Crippen molar-refractivity contribution in [1.82, 2.24) is 19.9 Å². The van der Waals surface area contributed by atoms with E-state index in [1.54, 1.807) is 35.3 Å². The van der Waals surface area contributed by atoms with Gasteiger partial charge in [-0.15, -0.1) is 11.3 Å². The van der Waals surface area contributed by atoms with Gasteiger partial charge in [-0.1, -0.05) is 6.07 Å². The molecule has 0 unspecified atom stereocenters. The number of aromatic nitrogens is 3. The number of benzene rings is 1. The summed E-state index contributed by atoms with van der Waals surface area (Å²) in [6, 6.07) is 4.92. The molecule has 1 amide bonds. The highest BCUT2D eigenvalue weighted by atomic mass is 32.1. The van der Waals surface area contributed by atoms with Gasteiger partial charge < -0.3 is 9.88 Å². The molecule has 24 heavy (non-hydrogen) atoms. The van der Waals surface area contributed by atoms with Crippen LogP contribution in [0.2, 0.25) is 0 Å². The lowest BCUT2D eigenvalue weighted by molar-refractivity contribution is -0.120. The molecule has 1 N–H and O–H groups in total. The Hall–Kier alpha value is -2.54. The molecule has 3 rings (SSSR count). The van der Waals surface area contributed by atoms with E-state index in [9.17, 15) is 9.18 Å². The second-order valence-electron chi connectivity index (χ2n) is 5.45. The number of halogens is 1. The average molecular weight is 344 g/mol. The summed E-state index contributed by atoms with van der Waals surface area (Å²) in [6.07, 6.45) is 5.33. The number of nitrogens with one attached hydrogen (secondary N) is 1. The van der Waals surface area contributed by atoms with Gasteiger partial charge in [-0.05, 0) is 31.5 Å². The molecule has 0 fully saturated rings. The highest BCUT2D eigenvalue weighted by Crippen LogP contribution is 2.17. The van der Waals surface area contributed by atoms with E-state index in [4.69, 9.17) is 0 Å². The van der Waals surface area contributed by atoms with E-state index in [1.807, 2.05) is 13.8 Å². The van der Waals surface area contributed by atoms with Crippen LogP contribution < -0.4 is 5.32 Å². The molecule has 124 valence electrons. The molecule has 1 aromatic carbocycles. The smallest absolute Gasteiger partial charge is 0.227 e. The van der Waals surface area contributed by atoms with Gasteiger partial charge >= 0.3 is 0 Å². The number of aryl methyl sites for hydroxylation is 2. The lowest BCUT2D eigenvalue weighted by Gasteiger charge is -2.09. The number of rotatable bonds is 5. The molecule has 0 saturated heterocycles. The zero-order valence-electron chi connectivity index (χ0n) is 13.4. The molecule has 0 radical (unpaired) electrons. The maximum Gasteiger partial charge on any atom is 0.227 e. The largest absolute Gasteiger partial charge is 0.352 e. The Kier molecular flexibility index (Phi) is 4.71. The second kappa shape index (κ2) is 6.92. The van der Waals surface area contributed by atoms with E-state index >= 15 is 0 Å². The fourth-order valence-corrected chi connectivity index (χ4v) is 3.16. The molecule has 2 aromatic heterocycles. The van der Waals surface area contributed by atoms with E-state index in [2.05, 4.69) is 15.3 Å². The minimum Gasteiger partial charge on any atom is -0.352 e. The third-order valence-corrected chi connectivity index (χ3v) is 4.48. The fraction of sp³-hybridized carbons (Fsp3) is 0.235. The number of carbonyl (C=O) groups is 1. The van der Waals surface area contributed by atoms with Crippen molar-refractivity contribution in [3.05, 3.63) is 63.9 Å². The summed E-state index contributed by atoms with van der Waals surface area (Å²) in [5.41, 5.74) is 1.15. The van der Waals surface area contributed by atoms with Crippen LogP contribution in [0.4, 0.5) is 4.39 Å². The zero-order chi connectivity index (χ0) is 17.1. The van der Waals surface area contributed by atoms with Crippen molar-refractivity contribution in [2.24, 2.45) is 0 Å². The standard InChI is InChI=1S/C17H17FN4OS/c1-11-9-21-17(24-11)8-16(23)20-10-13-3-4-15(14(18)7-13)22-6-5-19-12(22)2/h3-7,9H,8,10H2,1-2H3,(H,20,23). The third kappa shape index (κ3) is 3.68. The van der Waals surface area contributed by atoms with Gasteiger partial charge in [-0.3, -0.25) is 4.79 Å². The monoisotopic (exact) mass is 344 g/mol. The van der Waals surface area contributed by atoms with Gasteiger partial charge in [0, 0.05) is 30.0 Å². The molecular formula is C17H17FN4OS. The second-order valence-corrected chi connectivity index (χ2v) is 6.77. The number of hydrogen-bond donors (Lipinski definition) is 1. The fourth-order valence-electron chi connectivity index (χ4n) is 2.37. The van der Waals surface area contributed by atoms with Crippen molar-refractivity contribution in [2.45, 2.75) is 26.8 Å². The summed E-state index contributed by atoms with van der Waals surface area (Å²) in [4.78, 5) is 21.3. The lowest BCUT2D eigenvalue weighted by Crippen LogP contribution is -2.24. The quantitative estimate of drug-likeness (QED) is 0.774. The predicted molar refractivity (Wildman–Crippen MR) is 90.7 cm³/mol. The first kappa shape index (κ1) is 16.3. The number of imidazole rings is 1. The molecule has 5 nitrogen and oxygen atoms in total. The molecule has 7 heteroatoms. The van der Waals surface area contributed by atoms with Gasteiger partial charge in [0.05, 0.1) is 12.1 Å². The molecule has 3 aromatic rings. The van der Waals surface area contributed by atoms with Crippen molar-refractivity contribution >= 4 is 17.2 Å². The van der Waals surface area contributed by atoms with Gasteiger partial charge in [0.2, 0.25) is 5.91 Å². The van der Waals surface area contributed by atoms with Crippen molar-refractivity contribution in [3.8, 4) is 5.69 Å². The maximum atomic E-state index is 14.3. The molecule has 0 aliphatic heterocycles. The van der Waals surface area contributed by atoms with Crippen LogP contribution in [-0.2, 0) is 17.8 Å². The number of carbonyl (C=O) groups excluding carboxylic acids is 1. The first-order valence-corrected chi connectivity index (χ1v) is 8.31. The van der Waals surface area contributed by atoms with E-state index in [-0.39, 0.29) is 24.7 Å². The summed E-state index contributed by atoms with van der Waals surface area (Å²) in [5.74, 6) is 0.242. The summed E-state index contributed by atoms with van der Waals surface area (Å²) < 4.78 is 16.0. The van der Waals surface area contributed by atoms with Crippen LogP contribution in [0.5, 0.6) is 0 Å². The maximum absolute atomic E-state index is 14.3. The molecule has 0 aliphatic rings. The number of thiazole rings is 1. The van der Waals surface area contributed by atoms with Gasteiger partial charge in [0.1, 0.15) is 16.6 Å². The number of hydrogen-bond acceptors (Lipinski definition) is 4. The molecule has 2 heterocycles. The Bertz CT molecular complexity index is 871. The van der Waals surface area contributed by atoms with Gasteiger partial charge in [0.25, 0.3) is 0 Å². The molecule has 0 bridgehead atoms. The van der Waals surface area contributed by atoms with Crippen LogP contribution in [-0.4, -0.2) is 20.4 Å². The van der Waals surface area contributed by atoms with Crippen LogP contribution in [0.25, 0.3) is 5.69 Å². The lowest BCUT2D eigenvalue weighted by atomic mass is 10.2. The Morgan fingerprint density at radius 1 is 1.33 bits per heavy atom. The van der Waals surface area contributed by atoms with E-state index in [0.717, 1.165) is 9.88 Å². The molecular weight excluding hydrogens is 327 g/mol. The summed E-state index contributed by atoms with van der Waals surface area (Å²) >= 11 is 1.50.